The summed E-state index contributed by atoms with van der Waals surface area (Å²) in [7, 11) is 0. The van der Waals surface area contributed by atoms with E-state index in [4.69, 9.17) is 17.5 Å². The van der Waals surface area contributed by atoms with Gasteiger partial charge >= 0.3 is 0 Å². The van der Waals surface area contributed by atoms with Gasteiger partial charge in [0.15, 0.2) is 0 Å². The topological polar surface area (TPSA) is 55.5 Å². The standard InChI is InChI=1S/C12H16ClNO2/c13-11-6-8-4-2-1-3-5-9(8)10(7-16-14)12(11)15/h6,15H,1-5,7,14H2. The molecule has 2 rings (SSSR count). The van der Waals surface area contributed by atoms with Gasteiger partial charge in [0.25, 0.3) is 0 Å². The lowest BCUT2D eigenvalue weighted by Crippen LogP contribution is -2.05. The zero-order chi connectivity index (χ0) is 11.5. The molecule has 88 valence electrons. The van der Waals surface area contributed by atoms with Crippen molar-refractivity contribution in [2.75, 3.05) is 0 Å². The van der Waals surface area contributed by atoms with Crippen molar-refractivity contribution in [3.05, 3.63) is 27.8 Å². The van der Waals surface area contributed by atoms with Crippen LogP contribution in [0.4, 0.5) is 0 Å². The lowest BCUT2D eigenvalue weighted by Gasteiger charge is -2.14. The van der Waals surface area contributed by atoms with Gasteiger partial charge in [0.1, 0.15) is 5.75 Å². The van der Waals surface area contributed by atoms with E-state index in [1.165, 1.54) is 24.0 Å². The number of halogens is 1. The quantitative estimate of drug-likeness (QED) is 0.618. The first kappa shape index (κ1) is 11.7. The van der Waals surface area contributed by atoms with E-state index in [-0.39, 0.29) is 12.4 Å². The zero-order valence-corrected chi connectivity index (χ0v) is 9.89. The highest BCUT2D eigenvalue weighted by Gasteiger charge is 2.18. The molecule has 0 saturated carbocycles. The Morgan fingerprint density at radius 1 is 1.31 bits per heavy atom. The molecule has 0 bridgehead atoms. The Labute approximate surface area is 100 Å². The molecule has 16 heavy (non-hydrogen) atoms. The predicted molar refractivity (Wildman–Crippen MR) is 63.4 cm³/mol. The second kappa shape index (κ2) is 5.04. The monoisotopic (exact) mass is 241 g/mol. The van der Waals surface area contributed by atoms with E-state index in [1.807, 2.05) is 6.07 Å². The molecule has 4 heteroatoms. The van der Waals surface area contributed by atoms with Gasteiger partial charge in [-0.1, -0.05) is 18.0 Å². The third-order valence-corrected chi connectivity index (χ3v) is 3.45. The van der Waals surface area contributed by atoms with Crippen LogP contribution in [0, 0.1) is 0 Å². The summed E-state index contributed by atoms with van der Waals surface area (Å²) in [4.78, 5) is 4.65. The number of fused-ring (bicyclic) bond motifs is 1. The van der Waals surface area contributed by atoms with Gasteiger partial charge in [0.05, 0.1) is 11.6 Å². The van der Waals surface area contributed by atoms with E-state index in [1.54, 1.807) is 0 Å². The van der Waals surface area contributed by atoms with Crippen molar-refractivity contribution in [3.63, 3.8) is 0 Å². The van der Waals surface area contributed by atoms with Gasteiger partial charge < -0.3 is 5.11 Å². The van der Waals surface area contributed by atoms with E-state index in [2.05, 4.69) is 4.84 Å². The Bertz CT molecular complexity index is 393. The first-order chi connectivity index (χ1) is 7.74. The molecule has 0 spiro atoms. The molecular weight excluding hydrogens is 226 g/mol. The number of nitrogens with two attached hydrogens (primary N) is 1. The highest BCUT2D eigenvalue weighted by molar-refractivity contribution is 6.32. The number of aryl methyl sites for hydroxylation is 1. The van der Waals surface area contributed by atoms with Crippen LogP contribution in [-0.2, 0) is 24.3 Å². The van der Waals surface area contributed by atoms with Crippen molar-refractivity contribution in [2.24, 2.45) is 5.90 Å². The average Bonchev–Trinajstić information content (AvgIpc) is 2.50. The summed E-state index contributed by atoms with van der Waals surface area (Å²) < 4.78 is 0. The number of phenolic OH excluding ortho intramolecular Hbond substituents is 1. The molecule has 0 fully saturated rings. The van der Waals surface area contributed by atoms with Gasteiger partial charge in [-0.3, -0.25) is 4.84 Å². The smallest absolute Gasteiger partial charge is 0.140 e. The SMILES string of the molecule is NOCc1c(O)c(Cl)cc2c1CCCCC2. The van der Waals surface area contributed by atoms with E-state index in [0.717, 1.165) is 24.8 Å². The van der Waals surface area contributed by atoms with Crippen molar-refractivity contribution in [1.29, 1.82) is 0 Å². The lowest BCUT2D eigenvalue weighted by atomic mass is 9.96. The maximum Gasteiger partial charge on any atom is 0.140 e. The van der Waals surface area contributed by atoms with Gasteiger partial charge in [-0.05, 0) is 42.9 Å². The molecule has 0 heterocycles. The molecule has 0 aliphatic heterocycles. The van der Waals surface area contributed by atoms with Gasteiger partial charge in [-0.25, -0.2) is 5.90 Å². The van der Waals surface area contributed by atoms with Gasteiger partial charge in [-0.15, -0.1) is 0 Å². The molecule has 0 radical (unpaired) electrons. The maximum atomic E-state index is 9.91. The number of hydrogen-bond donors (Lipinski definition) is 2. The minimum Gasteiger partial charge on any atom is -0.506 e. The van der Waals surface area contributed by atoms with Crippen molar-refractivity contribution in [2.45, 2.75) is 38.7 Å². The third kappa shape index (κ3) is 2.17. The van der Waals surface area contributed by atoms with Crippen LogP contribution >= 0.6 is 11.6 Å². The van der Waals surface area contributed by atoms with Crippen LogP contribution in [0.25, 0.3) is 0 Å². The fourth-order valence-electron chi connectivity index (χ4n) is 2.36. The van der Waals surface area contributed by atoms with Crippen LogP contribution in [0.5, 0.6) is 5.75 Å². The minimum absolute atomic E-state index is 0.118. The molecule has 1 aliphatic rings. The van der Waals surface area contributed by atoms with E-state index in [0.29, 0.717) is 5.02 Å². The average molecular weight is 242 g/mol. The van der Waals surface area contributed by atoms with Crippen LogP contribution in [0.1, 0.15) is 36.0 Å². The minimum atomic E-state index is 0.118. The number of benzene rings is 1. The van der Waals surface area contributed by atoms with Gasteiger partial charge in [-0.2, -0.15) is 0 Å². The molecule has 3 nitrogen and oxygen atoms in total. The van der Waals surface area contributed by atoms with Crippen molar-refractivity contribution >= 4 is 11.6 Å². The summed E-state index contributed by atoms with van der Waals surface area (Å²) in [5, 5.41) is 10.3. The lowest BCUT2D eigenvalue weighted by molar-refractivity contribution is 0.121. The Morgan fingerprint density at radius 2 is 2.06 bits per heavy atom. The van der Waals surface area contributed by atoms with Crippen LogP contribution in [-0.4, -0.2) is 5.11 Å². The summed E-state index contributed by atoms with van der Waals surface area (Å²) in [5.41, 5.74) is 3.16. The Kier molecular flexibility index (Phi) is 3.69. The molecule has 1 aromatic rings. The molecule has 0 amide bonds. The summed E-state index contributed by atoms with van der Waals surface area (Å²) in [6, 6.07) is 1.87. The van der Waals surface area contributed by atoms with Crippen LogP contribution < -0.4 is 5.90 Å². The van der Waals surface area contributed by atoms with Crippen LogP contribution in [0.2, 0.25) is 5.02 Å². The largest absolute Gasteiger partial charge is 0.506 e. The first-order valence-electron chi connectivity index (χ1n) is 5.57. The fraction of sp³-hybridized carbons (Fsp3) is 0.500. The Balaban J connectivity index is 2.51. The molecule has 3 N–H and O–H groups in total. The summed E-state index contributed by atoms with van der Waals surface area (Å²) in [6.45, 7) is 0.217. The summed E-state index contributed by atoms with van der Waals surface area (Å²) in [5.74, 6) is 5.22. The normalized spacial score (nSPS) is 15.6. The first-order valence-corrected chi connectivity index (χ1v) is 5.95. The highest BCUT2D eigenvalue weighted by atomic mass is 35.5. The molecule has 0 saturated heterocycles. The molecular formula is C12H16ClNO2. The van der Waals surface area contributed by atoms with Gasteiger partial charge in [0.2, 0.25) is 0 Å². The molecule has 0 atom stereocenters. The van der Waals surface area contributed by atoms with Crippen molar-refractivity contribution in [3.8, 4) is 5.75 Å². The number of hydrogen-bond acceptors (Lipinski definition) is 3. The predicted octanol–water partition coefficient (Wildman–Crippen LogP) is 2.70. The summed E-state index contributed by atoms with van der Waals surface area (Å²) >= 11 is 5.99. The Hall–Kier alpha value is -0.770. The Morgan fingerprint density at radius 3 is 2.81 bits per heavy atom. The van der Waals surface area contributed by atoms with Crippen LogP contribution in [0.3, 0.4) is 0 Å². The molecule has 0 aromatic heterocycles. The third-order valence-electron chi connectivity index (χ3n) is 3.17. The number of aromatic hydroxyl groups is 1. The van der Waals surface area contributed by atoms with Crippen LogP contribution in [0.15, 0.2) is 6.07 Å². The zero-order valence-electron chi connectivity index (χ0n) is 9.13. The maximum absolute atomic E-state index is 9.91. The number of rotatable bonds is 2. The highest BCUT2D eigenvalue weighted by Crippen LogP contribution is 2.36. The molecule has 1 aliphatic carbocycles. The van der Waals surface area contributed by atoms with E-state index < -0.39 is 0 Å². The second-order valence-electron chi connectivity index (χ2n) is 4.19. The van der Waals surface area contributed by atoms with Crippen molar-refractivity contribution in [1.82, 2.24) is 0 Å². The second-order valence-corrected chi connectivity index (χ2v) is 4.60. The molecule has 0 unspecified atom stereocenters. The van der Waals surface area contributed by atoms with E-state index in [9.17, 15) is 5.11 Å². The number of phenols is 1. The summed E-state index contributed by atoms with van der Waals surface area (Å²) in [6.07, 6.45) is 5.53. The van der Waals surface area contributed by atoms with Crippen molar-refractivity contribution < 1.29 is 9.94 Å². The van der Waals surface area contributed by atoms with E-state index >= 15 is 0 Å². The van der Waals surface area contributed by atoms with Gasteiger partial charge in [0, 0.05) is 5.56 Å². The molecule has 1 aromatic carbocycles. The fourth-order valence-corrected chi connectivity index (χ4v) is 2.60.